The Kier molecular flexibility index (Phi) is 4.73. The minimum Gasteiger partial charge on any atom is -0.384 e. The van der Waals surface area contributed by atoms with E-state index in [4.69, 9.17) is 11.1 Å². The molecule has 2 aromatic carbocycles. The minimum atomic E-state index is -0.183. The van der Waals surface area contributed by atoms with E-state index in [9.17, 15) is 4.79 Å². The fourth-order valence-corrected chi connectivity index (χ4v) is 3.08. The molecule has 1 amide bonds. The van der Waals surface area contributed by atoms with Crippen molar-refractivity contribution in [2.45, 2.75) is 6.42 Å². The van der Waals surface area contributed by atoms with Gasteiger partial charge in [-0.1, -0.05) is 24.3 Å². The summed E-state index contributed by atoms with van der Waals surface area (Å²) in [6.07, 6.45) is 0.519. The number of hydrogen-bond acceptors (Lipinski definition) is 6. The van der Waals surface area contributed by atoms with Gasteiger partial charge in [-0.25, -0.2) is 10.1 Å². The van der Waals surface area contributed by atoms with Gasteiger partial charge < -0.3 is 15.6 Å². The molecule has 0 aliphatic heterocycles. The molecule has 2 aromatic heterocycles. The molecule has 4 rings (SSSR count). The number of aromatic nitrogens is 6. The van der Waals surface area contributed by atoms with Crippen molar-refractivity contribution in [3.05, 3.63) is 59.4 Å². The van der Waals surface area contributed by atoms with Gasteiger partial charge in [0.05, 0.1) is 11.0 Å². The van der Waals surface area contributed by atoms with Gasteiger partial charge in [0.15, 0.2) is 0 Å². The first kappa shape index (κ1) is 18.3. The number of carbonyl (C=O) groups excluding carboxylic acids is 1. The summed E-state index contributed by atoms with van der Waals surface area (Å²) in [5, 5.41) is 23.8. The molecule has 0 fully saturated rings. The van der Waals surface area contributed by atoms with Crippen LogP contribution in [0.15, 0.2) is 42.5 Å². The van der Waals surface area contributed by atoms with Crippen LogP contribution in [0.4, 0.5) is 0 Å². The zero-order valence-corrected chi connectivity index (χ0v) is 15.7. The van der Waals surface area contributed by atoms with Crippen LogP contribution in [0.25, 0.3) is 22.4 Å². The standard InChI is InChI=1S/C19H19N9O/c1-28-15-7-6-13(19(29)22-9-8-16-24-26-27-25-16)10-14(15)23-18(28)12-4-2-11(3-5-12)17(20)21/h2-7,10H,8-9H2,1H3,(H3,20,21)(H,22,29)(H,24,25,26,27). The Labute approximate surface area is 165 Å². The van der Waals surface area contributed by atoms with Gasteiger partial charge in [-0.05, 0) is 28.6 Å². The Bertz CT molecular complexity index is 1180. The molecule has 0 spiro atoms. The van der Waals surface area contributed by atoms with E-state index in [0.717, 1.165) is 22.4 Å². The zero-order valence-electron chi connectivity index (χ0n) is 15.7. The normalized spacial score (nSPS) is 10.9. The maximum atomic E-state index is 12.4. The second-order valence-corrected chi connectivity index (χ2v) is 6.54. The van der Waals surface area contributed by atoms with Crippen LogP contribution >= 0.6 is 0 Å². The maximum absolute atomic E-state index is 12.4. The third kappa shape index (κ3) is 3.68. The predicted octanol–water partition coefficient (Wildman–Crippen LogP) is 1.01. The smallest absolute Gasteiger partial charge is 0.251 e. The summed E-state index contributed by atoms with van der Waals surface area (Å²) in [5.74, 6) is 1.23. The molecule has 146 valence electrons. The Morgan fingerprint density at radius 3 is 2.66 bits per heavy atom. The Balaban J connectivity index is 1.54. The first-order valence-corrected chi connectivity index (χ1v) is 8.95. The van der Waals surface area contributed by atoms with Crippen molar-refractivity contribution in [2.75, 3.05) is 6.54 Å². The fourth-order valence-electron chi connectivity index (χ4n) is 3.08. The van der Waals surface area contributed by atoms with Crippen LogP contribution in [0.5, 0.6) is 0 Å². The molecule has 0 atom stereocenters. The van der Waals surface area contributed by atoms with Gasteiger partial charge >= 0.3 is 0 Å². The topological polar surface area (TPSA) is 151 Å². The highest BCUT2D eigenvalue weighted by Crippen LogP contribution is 2.24. The Morgan fingerprint density at radius 1 is 1.21 bits per heavy atom. The second-order valence-electron chi connectivity index (χ2n) is 6.54. The van der Waals surface area contributed by atoms with Crippen LogP contribution in [0.2, 0.25) is 0 Å². The van der Waals surface area contributed by atoms with Crippen LogP contribution < -0.4 is 11.1 Å². The van der Waals surface area contributed by atoms with Gasteiger partial charge in [0, 0.05) is 36.7 Å². The number of aryl methyl sites for hydroxylation is 1. The molecule has 2 heterocycles. The van der Waals surface area contributed by atoms with Crippen LogP contribution in [-0.4, -0.2) is 48.5 Å². The van der Waals surface area contributed by atoms with Crippen molar-refractivity contribution in [3.63, 3.8) is 0 Å². The van der Waals surface area contributed by atoms with Crippen LogP contribution in [0, 0.1) is 5.41 Å². The average molecular weight is 389 g/mol. The number of nitrogens with zero attached hydrogens (tertiary/aromatic N) is 5. The van der Waals surface area contributed by atoms with Crippen molar-refractivity contribution in [2.24, 2.45) is 12.8 Å². The van der Waals surface area contributed by atoms with Crippen LogP contribution in [0.3, 0.4) is 0 Å². The third-order valence-corrected chi connectivity index (χ3v) is 4.63. The first-order valence-electron chi connectivity index (χ1n) is 8.95. The number of hydrogen-bond donors (Lipinski definition) is 4. The highest BCUT2D eigenvalue weighted by molar-refractivity contribution is 5.98. The number of H-pyrrole nitrogens is 1. The van der Waals surface area contributed by atoms with Crippen molar-refractivity contribution in [1.82, 2.24) is 35.5 Å². The van der Waals surface area contributed by atoms with Gasteiger partial charge in [0.2, 0.25) is 0 Å². The van der Waals surface area contributed by atoms with Gasteiger partial charge in [0.25, 0.3) is 5.91 Å². The number of rotatable bonds is 6. The summed E-state index contributed by atoms with van der Waals surface area (Å²) in [6, 6.07) is 12.8. The average Bonchev–Trinajstić information content (AvgIpc) is 3.36. The number of benzene rings is 2. The summed E-state index contributed by atoms with van der Waals surface area (Å²) in [7, 11) is 1.93. The Morgan fingerprint density at radius 2 is 1.97 bits per heavy atom. The molecule has 0 bridgehead atoms. The summed E-state index contributed by atoms with van der Waals surface area (Å²) >= 11 is 0. The number of nitrogens with one attached hydrogen (secondary N) is 3. The lowest BCUT2D eigenvalue weighted by atomic mass is 10.1. The molecule has 29 heavy (non-hydrogen) atoms. The minimum absolute atomic E-state index is 0.0248. The van der Waals surface area contributed by atoms with Crippen molar-refractivity contribution in [1.29, 1.82) is 5.41 Å². The second kappa shape index (κ2) is 7.50. The molecule has 0 saturated heterocycles. The highest BCUT2D eigenvalue weighted by Gasteiger charge is 2.13. The van der Waals surface area contributed by atoms with E-state index in [0.29, 0.717) is 29.9 Å². The Hall–Kier alpha value is -4.08. The molecule has 4 aromatic rings. The molecule has 0 radical (unpaired) electrons. The molecule has 10 heteroatoms. The lowest BCUT2D eigenvalue weighted by Crippen LogP contribution is -2.25. The molecular formula is C19H19N9O. The molecule has 10 nitrogen and oxygen atoms in total. The van der Waals surface area contributed by atoms with Gasteiger partial charge in [0.1, 0.15) is 17.5 Å². The summed E-state index contributed by atoms with van der Waals surface area (Å²) < 4.78 is 1.97. The number of amidine groups is 1. The number of carbonyl (C=O) groups is 1. The number of nitrogen functional groups attached to an aromatic ring is 1. The highest BCUT2D eigenvalue weighted by atomic mass is 16.1. The lowest BCUT2D eigenvalue weighted by Gasteiger charge is -2.05. The van der Waals surface area contributed by atoms with Crippen molar-refractivity contribution >= 4 is 22.8 Å². The zero-order chi connectivity index (χ0) is 20.4. The molecule has 5 N–H and O–H groups in total. The van der Waals surface area contributed by atoms with Crippen LogP contribution in [-0.2, 0) is 13.5 Å². The van der Waals surface area contributed by atoms with Gasteiger partial charge in [-0.15, -0.1) is 5.10 Å². The van der Waals surface area contributed by atoms with E-state index in [1.54, 1.807) is 24.3 Å². The third-order valence-electron chi connectivity index (χ3n) is 4.63. The molecule has 0 saturated carbocycles. The predicted molar refractivity (Wildman–Crippen MR) is 107 cm³/mol. The summed E-state index contributed by atoms with van der Waals surface area (Å²) in [4.78, 5) is 17.1. The van der Waals surface area contributed by atoms with E-state index in [-0.39, 0.29) is 11.7 Å². The van der Waals surface area contributed by atoms with Crippen molar-refractivity contribution in [3.8, 4) is 11.4 Å². The maximum Gasteiger partial charge on any atom is 0.251 e. The number of imidazole rings is 1. The SMILES string of the molecule is Cn1c(-c2ccc(C(=N)N)cc2)nc2cc(C(=O)NCCc3nnn[nH]3)ccc21. The monoisotopic (exact) mass is 389 g/mol. The molecule has 0 aliphatic carbocycles. The summed E-state index contributed by atoms with van der Waals surface area (Å²) in [5.41, 5.74) is 9.25. The van der Waals surface area contributed by atoms with Crippen molar-refractivity contribution < 1.29 is 4.79 Å². The first-order chi connectivity index (χ1) is 14.0. The number of nitrogens with two attached hydrogens (primary N) is 1. The van der Waals surface area contributed by atoms with Gasteiger partial charge in [-0.3, -0.25) is 10.2 Å². The number of amides is 1. The quantitative estimate of drug-likeness (QED) is 0.285. The van der Waals surface area contributed by atoms with E-state index >= 15 is 0 Å². The van der Waals surface area contributed by atoms with Gasteiger partial charge in [-0.2, -0.15) is 0 Å². The molecule has 0 unspecified atom stereocenters. The van der Waals surface area contributed by atoms with E-state index < -0.39 is 0 Å². The largest absolute Gasteiger partial charge is 0.384 e. The number of fused-ring (bicyclic) bond motifs is 1. The lowest BCUT2D eigenvalue weighted by molar-refractivity contribution is 0.0954. The number of aromatic amines is 1. The van der Waals surface area contributed by atoms with E-state index in [1.165, 1.54) is 0 Å². The molecule has 0 aliphatic rings. The van der Waals surface area contributed by atoms with Crippen LogP contribution in [0.1, 0.15) is 21.7 Å². The molecular weight excluding hydrogens is 370 g/mol. The van der Waals surface area contributed by atoms with E-state index in [2.05, 4.69) is 30.9 Å². The fraction of sp³-hybridized carbons (Fsp3) is 0.158. The number of tetrazole rings is 1. The van der Waals surface area contributed by atoms with E-state index in [1.807, 2.05) is 29.8 Å². The summed E-state index contributed by atoms with van der Waals surface area (Å²) in [6.45, 7) is 0.420.